The third-order valence-electron chi connectivity index (χ3n) is 2.32. The Hall–Kier alpha value is -0.840. The molecule has 5 heteroatoms. The van der Waals surface area contributed by atoms with Crippen LogP contribution >= 0.6 is 11.6 Å². The van der Waals surface area contributed by atoms with Crippen molar-refractivity contribution in [1.29, 1.82) is 0 Å². The van der Waals surface area contributed by atoms with Crippen LogP contribution in [0.25, 0.3) is 0 Å². The molecule has 0 aromatic carbocycles. The summed E-state index contributed by atoms with van der Waals surface area (Å²) < 4.78 is 0. The number of aromatic nitrogens is 1. The smallest absolute Gasteiger partial charge is 0.249 e. The van der Waals surface area contributed by atoms with Gasteiger partial charge in [0.2, 0.25) is 5.56 Å². The summed E-state index contributed by atoms with van der Waals surface area (Å²) in [5.74, 6) is 0. The quantitative estimate of drug-likeness (QED) is 0.587. The lowest BCUT2D eigenvalue weighted by atomic mass is 10.1. The van der Waals surface area contributed by atoms with Crippen LogP contribution in [0.3, 0.4) is 0 Å². The van der Waals surface area contributed by atoms with E-state index in [1.54, 1.807) is 6.07 Å². The number of aromatic amines is 1. The SMILES string of the molecule is O=c1ccc([C@@H]2CNCCN2)c(Cl)[nH]1. The van der Waals surface area contributed by atoms with Crippen LogP contribution in [0.4, 0.5) is 0 Å². The van der Waals surface area contributed by atoms with Crippen molar-refractivity contribution in [1.82, 2.24) is 15.6 Å². The molecule has 0 bridgehead atoms. The zero-order valence-electron chi connectivity index (χ0n) is 7.64. The van der Waals surface area contributed by atoms with Crippen molar-refractivity contribution in [3.8, 4) is 0 Å². The van der Waals surface area contributed by atoms with Crippen molar-refractivity contribution in [3.05, 3.63) is 33.2 Å². The topological polar surface area (TPSA) is 56.9 Å². The molecule has 76 valence electrons. The van der Waals surface area contributed by atoms with E-state index in [0.29, 0.717) is 5.15 Å². The number of rotatable bonds is 1. The second kappa shape index (κ2) is 4.13. The molecule has 2 rings (SSSR count). The Labute approximate surface area is 86.7 Å². The lowest BCUT2D eigenvalue weighted by Gasteiger charge is -2.25. The fourth-order valence-corrected chi connectivity index (χ4v) is 1.89. The summed E-state index contributed by atoms with van der Waals surface area (Å²) in [6, 6.07) is 3.46. The number of halogens is 1. The molecule has 0 amide bonds. The van der Waals surface area contributed by atoms with Crippen LogP contribution in [0.5, 0.6) is 0 Å². The molecule has 0 unspecified atom stereocenters. The van der Waals surface area contributed by atoms with E-state index in [-0.39, 0.29) is 11.6 Å². The second-order valence-corrected chi connectivity index (χ2v) is 3.68. The van der Waals surface area contributed by atoms with E-state index in [4.69, 9.17) is 11.6 Å². The van der Waals surface area contributed by atoms with E-state index in [2.05, 4.69) is 15.6 Å². The number of piperazine rings is 1. The Morgan fingerprint density at radius 3 is 2.86 bits per heavy atom. The van der Waals surface area contributed by atoms with Crippen LogP contribution in [-0.4, -0.2) is 24.6 Å². The molecule has 1 fully saturated rings. The van der Waals surface area contributed by atoms with E-state index >= 15 is 0 Å². The zero-order valence-corrected chi connectivity index (χ0v) is 8.40. The zero-order chi connectivity index (χ0) is 9.97. The molecule has 2 heterocycles. The van der Waals surface area contributed by atoms with Gasteiger partial charge in [-0.1, -0.05) is 11.6 Å². The third kappa shape index (κ3) is 1.97. The minimum Gasteiger partial charge on any atom is -0.314 e. The standard InChI is InChI=1S/C9H12ClN3O/c10-9-6(1-2-8(14)13-9)7-5-11-3-4-12-7/h1-2,7,11-12H,3-5H2,(H,13,14)/t7-/m0/s1. The Kier molecular flexibility index (Phi) is 2.86. The minimum absolute atomic E-state index is 0.164. The average Bonchev–Trinajstić information content (AvgIpc) is 2.19. The maximum absolute atomic E-state index is 10.9. The van der Waals surface area contributed by atoms with Crippen molar-refractivity contribution in [2.45, 2.75) is 6.04 Å². The average molecular weight is 214 g/mol. The van der Waals surface area contributed by atoms with Crippen molar-refractivity contribution in [2.75, 3.05) is 19.6 Å². The summed E-state index contributed by atoms with van der Waals surface area (Å²) in [7, 11) is 0. The molecule has 0 spiro atoms. The van der Waals surface area contributed by atoms with Gasteiger partial charge in [-0.2, -0.15) is 0 Å². The molecule has 1 aliphatic heterocycles. The van der Waals surface area contributed by atoms with E-state index < -0.39 is 0 Å². The monoisotopic (exact) mass is 213 g/mol. The van der Waals surface area contributed by atoms with Crippen LogP contribution in [0.2, 0.25) is 5.15 Å². The van der Waals surface area contributed by atoms with Crippen molar-refractivity contribution in [2.24, 2.45) is 0 Å². The molecular weight excluding hydrogens is 202 g/mol. The number of H-pyrrole nitrogens is 1. The molecule has 1 aromatic rings. The summed E-state index contributed by atoms with van der Waals surface area (Å²) in [4.78, 5) is 13.5. The molecular formula is C9H12ClN3O. The number of hydrogen-bond acceptors (Lipinski definition) is 3. The van der Waals surface area contributed by atoms with E-state index in [0.717, 1.165) is 25.2 Å². The van der Waals surface area contributed by atoms with Crippen molar-refractivity contribution < 1.29 is 0 Å². The predicted octanol–water partition coefficient (Wildman–Crippen LogP) is 0.262. The van der Waals surface area contributed by atoms with Gasteiger partial charge >= 0.3 is 0 Å². The lowest BCUT2D eigenvalue weighted by molar-refractivity contribution is 0.429. The van der Waals surface area contributed by atoms with Gasteiger partial charge in [-0.05, 0) is 6.07 Å². The van der Waals surface area contributed by atoms with Gasteiger partial charge in [0.05, 0.1) is 0 Å². The normalized spacial score (nSPS) is 22.2. The van der Waals surface area contributed by atoms with Crippen LogP contribution in [0.1, 0.15) is 11.6 Å². The molecule has 0 radical (unpaired) electrons. The first kappa shape index (κ1) is 9.71. The first-order valence-corrected chi connectivity index (χ1v) is 4.98. The molecule has 1 saturated heterocycles. The van der Waals surface area contributed by atoms with Gasteiger partial charge in [-0.25, -0.2) is 0 Å². The van der Waals surface area contributed by atoms with E-state index in [9.17, 15) is 4.79 Å². The summed E-state index contributed by atoms with van der Waals surface area (Å²) in [5, 5.41) is 7.02. The fraction of sp³-hybridized carbons (Fsp3) is 0.444. The molecule has 0 aliphatic carbocycles. The highest BCUT2D eigenvalue weighted by atomic mass is 35.5. The summed E-state index contributed by atoms with van der Waals surface area (Å²) >= 11 is 5.94. The van der Waals surface area contributed by atoms with Gasteiger partial charge in [-0.3, -0.25) is 4.79 Å². The van der Waals surface area contributed by atoms with Crippen LogP contribution in [0, 0.1) is 0 Å². The fourth-order valence-electron chi connectivity index (χ4n) is 1.60. The maximum Gasteiger partial charge on any atom is 0.249 e. The number of pyridine rings is 1. The number of nitrogens with one attached hydrogen (secondary N) is 3. The van der Waals surface area contributed by atoms with Crippen molar-refractivity contribution in [3.63, 3.8) is 0 Å². The second-order valence-electron chi connectivity index (χ2n) is 3.30. The lowest BCUT2D eigenvalue weighted by Crippen LogP contribution is -2.42. The molecule has 1 aliphatic rings. The highest BCUT2D eigenvalue weighted by Crippen LogP contribution is 2.19. The van der Waals surface area contributed by atoms with Gasteiger partial charge in [0.1, 0.15) is 5.15 Å². The first-order chi connectivity index (χ1) is 6.77. The largest absolute Gasteiger partial charge is 0.314 e. The van der Waals surface area contributed by atoms with Crippen LogP contribution < -0.4 is 16.2 Å². The summed E-state index contributed by atoms with van der Waals surface area (Å²) in [5.41, 5.74) is 0.779. The minimum atomic E-state index is -0.164. The van der Waals surface area contributed by atoms with Crippen LogP contribution in [-0.2, 0) is 0 Å². The Morgan fingerprint density at radius 2 is 2.21 bits per heavy atom. The summed E-state index contributed by atoms with van der Waals surface area (Å²) in [6.45, 7) is 2.73. The van der Waals surface area contributed by atoms with E-state index in [1.807, 2.05) is 0 Å². The molecule has 14 heavy (non-hydrogen) atoms. The highest BCUT2D eigenvalue weighted by Gasteiger charge is 2.16. The van der Waals surface area contributed by atoms with Crippen molar-refractivity contribution >= 4 is 11.6 Å². The highest BCUT2D eigenvalue weighted by molar-refractivity contribution is 6.30. The Bertz CT molecular complexity index is 371. The molecule has 4 nitrogen and oxygen atoms in total. The van der Waals surface area contributed by atoms with Gasteiger partial charge < -0.3 is 15.6 Å². The first-order valence-electron chi connectivity index (χ1n) is 4.60. The number of hydrogen-bond donors (Lipinski definition) is 3. The van der Waals surface area contributed by atoms with Gasteiger partial charge in [0.25, 0.3) is 0 Å². The molecule has 0 saturated carbocycles. The van der Waals surface area contributed by atoms with Gasteiger partial charge in [0, 0.05) is 37.3 Å². The molecule has 3 N–H and O–H groups in total. The Morgan fingerprint density at radius 1 is 1.36 bits per heavy atom. The van der Waals surface area contributed by atoms with Gasteiger partial charge in [0.15, 0.2) is 0 Å². The Balaban J connectivity index is 2.26. The predicted molar refractivity (Wildman–Crippen MR) is 55.7 cm³/mol. The third-order valence-corrected chi connectivity index (χ3v) is 2.63. The van der Waals surface area contributed by atoms with E-state index in [1.165, 1.54) is 6.07 Å². The molecule has 1 aromatic heterocycles. The molecule has 1 atom stereocenters. The van der Waals surface area contributed by atoms with Crippen LogP contribution in [0.15, 0.2) is 16.9 Å². The maximum atomic E-state index is 10.9. The summed E-state index contributed by atoms with van der Waals surface area (Å²) in [6.07, 6.45) is 0. The van der Waals surface area contributed by atoms with Gasteiger partial charge in [-0.15, -0.1) is 0 Å².